The van der Waals surface area contributed by atoms with Gasteiger partial charge in [0.15, 0.2) is 0 Å². The monoisotopic (exact) mass is 517 g/mol. The molecule has 1 atom stereocenters. The van der Waals surface area contributed by atoms with Crippen molar-refractivity contribution in [2.45, 2.75) is 82.7 Å². The van der Waals surface area contributed by atoms with Gasteiger partial charge in [-0.25, -0.2) is 0 Å². The molecule has 0 spiro atoms. The molecule has 2 saturated carbocycles. The summed E-state index contributed by atoms with van der Waals surface area (Å²) in [7, 11) is 0. The zero-order valence-corrected chi connectivity index (χ0v) is 22.6. The third kappa shape index (κ3) is 6.60. The highest BCUT2D eigenvalue weighted by Gasteiger charge is 2.27. The van der Waals surface area contributed by atoms with E-state index in [0.29, 0.717) is 10.9 Å². The van der Waals surface area contributed by atoms with E-state index in [4.69, 9.17) is 5.73 Å². The SMILES string of the molecule is CC(C(=O)NC1CCC(CC2CCC(N)CC2)CC1)c1ccc(NC(=O)c2cc3ccccc3s2)cc1. The van der Waals surface area contributed by atoms with Gasteiger partial charge in [-0.05, 0) is 112 Å². The smallest absolute Gasteiger partial charge is 0.265 e. The van der Waals surface area contributed by atoms with Gasteiger partial charge in [0.1, 0.15) is 0 Å². The Kier molecular flexibility index (Phi) is 8.26. The molecule has 2 aliphatic carbocycles. The molecule has 1 heterocycles. The molecule has 1 unspecified atom stereocenters. The van der Waals surface area contributed by atoms with E-state index in [9.17, 15) is 9.59 Å². The lowest BCUT2D eigenvalue weighted by atomic mass is 9.76. The maximum atomic E-state index is 13.0. The van der Waals surface area contributed by atoms with Crippen molar-refractivity contribution in [1.82, 2.24) is 5.32 Å². The second-order valence-corrected chi connectivity index (χ2v) is 12.3. The van der Waals surface area contributed by atoms with Gasteiger partial charge in [-0.15, -0.1) is 11.3 Å². The first kappa shape index (κ1) is 25.9. The predicted molar refractivity (Wildman–Crippen MR) is 153 cm³/mol. The van der Waals surface area contributed by atoms with Crippen molar-refractivity contribution < 1.29 is 9.59 Å². The molecular formula is C31H39N3O2S. The number of carbonyl (C=O) groups excluding carboxylic acids is 2. The number of nitrogens with two attached hydrogens (primary N) is 1. The van der Waals surface area contributed by atoms with Crippen molar-refractivity contribution in [3.05, 3.63) is 65.0 Å². The van der Waals surface area contributed by atoms with Gasteiger partial charge in [0.2, 0.25) is 5.91 Å². The molecule has 0 bridgehead atoms. The van der Waals surface area contributed by atoms with Crippen LogP contribution in [0.3, 0.4) is 0 Å². The molecule has 4 N–H and O–H groups in total. The van der Waals surface area contributed by atoms with Gasteiger partial charge >= 0.3 is 0 Å². The molecule has 6 heteroatoms. The summed E-state index contributed by atoms with van der Waals surface area (Å²) in [5.74, 6) is 1.42. The maximum absolute atomic E-state index is 13.0. The summed E-state index contributed by atoms with van der Waals surface area (Å²) in [6.07, 6.45) is 10.9. The quantitative estimate of drug-likeness (QED) is 0.321. The van der Waals surface area contributed by atoms with Crippen LogP contribution in [0.4, 0.5) is 5.69 Å². The highest BCUT2D eigenvalue weighted by Crippen LogP contribution is 2.35. The van der Waals surface area contributed by atoms with E-state index < -0.39 is 0 Å². The summed E-state index contributed by atoms with van der Waals surface area (Å²) in [5.41, 5.74) is 7.76. The summed E-state index contributed by atoms with van der Waals surface area (Å²) in [6, 6.07) is 18.3. The van der Waals surface area contributed by atoms with E-state index in [2.05, 4.69) is 10.6 Å². The summed E-state index contributed by atoms with van der Waals surface area (Å²) in [5, 5.41) is 7.36. The van der Waals surface area contributed by atoms with Crippen molar-refractivity contribution >= 4 is 38.9 Å². The van der Waals surface area contributed by atoms with Crippen molar-refractivity contribution in [1.29, 1.82) is 0 Å². The van der Waals surface area contributed by atoms with Crippen LogP contribution in [-0.2, 0) is 4.79 Å². The third-order valence-electron chi connectivity index (χ3n) is 8.46. The largest absolute Gasteiger partial charge is 0.353 e. The fourth-order valence-corrected chi connectivity index (χ4v) is 7.01. The molecule has 5 rings (SSSR count). The molecule has 2 aliphatic rings. The molecule has 2 fully saturated rings. The summed E-state index contributed by atoms with van der Waals surface area (Å²) in [6.45, 7) is 1.96. The van der Waals surface area contributed by atoms with Crippen molar-refractivity contribution in [3.8, 4) is 0 Å². The fraction of sp³-hybridized carbons (Fsp3) is 0.484. The standard InChI is InChI=1S/C31H39N3O2S/c1-20(30(35)33-26-14-8-22(9-15-26)18-21-6-12-25(32)13-7-21)23-10-16-27(17-11-23)34-31(36)29-19-24-4-2-3-5-28(24)37-29/h2-5,10-11,16-17,19-22,25-26H,6-9,12-15,18,32H2,1H3,(H,33,35)(H,34,36). The molecule has 5 nitrogen and oxygen atoms in total. The molecule has 37 heavy (non-hydrogen) atoms. The van der Waals surface area contributed by atoms with E-state index >= 15 is 0 Å². The number of benzene rings is 2. The average molecular weight is 518 g/mol. The number of rotatable bonds is 7. The zero-order valence-electron chi connectivity index (χ0n) is 21.7. The molecule has 196 valence electrons. The lowest BCUT2D eigenvalue weighted by Crippen LogP contribution is -2.40. The molecule has 1 aromatic heterocycles. The maximum Gasteiger partial charge on any atom is 0.265 e. The molecule has 2 amide bonds. The van der Waals surface area contributed by atoms with Gasteiger partial charge in [0.05, 0.1) is 10.8 Å². The molecular weight excluding hydrogens is 478 g/mol. The summed E-state index contributed by atoms with van der Waals surface area (Å²) in [4.78, 5) is 26.4. The van der Waals surface area contributed by atoms with Gasteiger partial charge in [-0.2, -0.15) is 0 Å². The van der Waals surface area contributed by atoms with E-state index in [1.165, 1.54) is 56.3 Å². The Morgan fingerprint density at radius 2 is 1.57 bits per heavy atom. The van der Waals surface area contributed by atoms with Gasteiger partial charge < -0.3 is 16.4 Å². The Morgan fingerprint density at radius 3 is 2.24 bits per heavy atom. The van der Waals surface area contributed by atoms with Crippen molar-refractivity contribution in [2.24, 2.45) is 17.6 Å². The Bertz CT molecular complexity index is 1170. The first-order valence-electron chi connectivity index (χ1n) is 13.9. The van der Waals surface area contributed by atoms with Crippen LogP contribution >= 0.6 is 11.3 Å². The van der Waals surface area contributed by atoms with Gasteiger partial charge in [0.25, 0.3) is 5.91 Å². The van der Waals surface area contributed by atoms with E-state index in [1.807, 2.05) is 61.5 Å². The highest BCUT2D eigenvalue weighted by atomic mass is 32.1. The van der Waals surface area contributed by atoms with E-state index in [0.717, 1.165) is 46.0 Å². The van der Waals surface area contributed by atoms with Crippen LogP contribution < -0.4 is 16.4 Å². The Morgan fingerprint density at radius 1 is 0.919 bits per heavy atom. The average Bonchev–Trinajstić information content (AvgIpc) is 3.36. The van der Waals surface area contributed by atoms with E-state index in [1.54, 1.807) is 0 Å². The number of amides is 2. The lowest BCUT2D eigenvalue weighted by molar-refractivity contribution is -0.123. The Balaban J connectivity index is 1.08. The van der Waals surface area contributed by atoms with Crippen LogP contribution in [0.5, 0.6) is 0 Å². The molecule has 0 saturated heterocycles. The van der Waals surface area contributed by atoms with Crippen LogP contribution in [0, 0.1) is 11.8 Å². The van der Waals surface area contributed by atoms with Crippen LogP contribution in [0.25, 0.3) is 10.1 Å². The summed E-state index contributed by atoms with van der Waals surface area (Å²) < 4.78 is 1.10. The zero-order chi connectivity index (χ0) is 25.8. The normalized spacial score (nSPS) is 24.9. The number of thiophene rings is 1. The van der Waals surface area contributed by atoms with Gasteiger partial charge in [-0.1, -0.05) is 30.3 Å². The fourth-order valence-electron chi connectivity index (χ4n) is 6.06. The number of nitrogens with one attached hydrogen (secondary N) is 2. The van der Waals surface area contributed by atoms with Crippen molar-refractivity contribution in [3.63, 3.8) is 0 Å². The van der Waals surface area contributed by atoms with Gasteiger partial charge in [0, 0.05) is 22.5 Å². The number of hydrogen-bond donors (Lipinski definition) is 3. The van der Waals surface area contributed by atoms with E-state index in [-0.39, 0.29) is 23.8 Å². The predicted octanol–water partition coefficient (Wildman–Crippen LogP) is 6.84. The molecule has 0 radical (unpaired) electrons. The van der Waals surface area contributed by atoms with Crippen LogP contribution in [-0.4, -0.2) is 23.9 Å². The van der Waals surface area contributed by atoms with Crippen LogP contribution in [0.15, 0.2) is 54.6 Å². The second kappa shape index (κ2) is 11.8. The number of anilines is 1. The first-order chi connectivity index (χ1) is 17.9. The lowest BCUT2D eigenvalue weighted by Gasteiger charge is -2.34. The Labute approximate surface area is 224 Å². The summed E-state index contributed by atoms with van der Waals surface area (Å²) >= 11 is 1.49. The minimum absolute atomic E-state index is 0.0896. The molecule has 3 aromatic rings. The van der Waals surface area contributed by atoms with Crippen molar-refractivity contribution in [2.75, 3.05) is 5.32 Å². The Hall–Kier alpha value is -2.70. The van der Waals surface area contributed by atoms with Crippen LogP contribution in [0.1, 0.15) is 85.9 Å². The molecule has 2 aromatic carbocycles. The minimum atomic E-state index is -0.225. The van der Waals surface area contributed by atoms with Crippen LogP contribution in [0.2, 0.25) is 0 Å². The highest BCUT2D eigenvalue weighted by molar-refractivity contribution is 7.20. The number of hydrogen-bond acceptors (Lipinski definition) is 4. The van der Waals surface area contributed by atoms with Gasteiger partial charge in [-0.3, -0.25) is 9.59 Å². The minimum Gasteiger partial charge on any atom is -0.353 e. The molecule has 0 aliphatic heterocycles. The second-order valence-electron chi connectivity index (χ2n) is 11.2. The third-order valence-corrected chi connectivity index (χ3v) is 9.58. The topological polar surface area (TPSA) is 84.2 Å². The first-order valence-corrected chi connectivity index (χ1v) is 14.7. The number of fused-ring (bicyclic) bond motifs is 1. The number of carbonyl (C=O) groups is 2.